The van der Waals surface area contributed by atoms with Crippen molar-refractivity contribution >= 4 is 17.3 Å². The SMILES string of the molecule is N#Cc1cc(NCC2CCC(C(=O)O)O2)ccc1[N+](=O)[O-]. The van der Waals surface area contributed by atoms with Crippen molar-refractivity contribution in [2.75, 3.05) is 11.9 Å². The van der Waals surface area contributed by atoms with Crippen LogP contribution in [-0.4, -0.2) is 34.8 Å². The minimum atomic E-state index is -0.973. The standard InChI is InChI=1S/C13H13N3O5/c14-6-8-5-9(1-3-11(8)16(19)20)15-7-10-2-4-12(21-10)13(17)18/h1,3,5,10,12,15H,2,4,7H2,(H,17,18). The molecular weight excluding hydrogens is 278 g/mol. The van der Waals surface area contributed by atoms with E-state index in [-0.39, 0.29) is 17.4 Å². The molecule has 0 aromatic heterocycles. The van der Waals surface area contributed by atoms with Crippen molar-refractivity contribution in [2.45, 2.75) is 25.0 Å². The predicted octanol–water partition coefficient (Wildman–Crippen LogP) is 1.51. The van der Waals surface area contributed by atoms with E-state index in [0.717, 1.165) is 0 Å². The zero-order valence-electron chi connectivity index (χ0n) is 11.0. The number of nitriles is 1. The highest BCUT2D eigenvalue weighted by molar-refractivity contribution is 5.72. The van der Waals surface area contributed by atoms with Crippen LogP contribution in [0.3, 0.4) is 0 Å². The normalized spacial score (nSPS) is 20.7. The second kappa shape index (κ2) is 6.19. The third-order valence-corrected chi connectivity index (χ3v) is 3.23. The van der Waals surface area contributed by atoms with Crippen LogP contribution >= 0.6 is 0 Å². The van der Waals surface area contributed by atoms with Crippen molar-refractivity contribution in [1.82, 2.24) is 0 Å². The third kappa shape index (κ3) is 3.46. The Morgan fingerprint density at radius 2 is 2.33 bits per heavy atom. The molecule has 1 aliphatic rings. The number of benzene rings is 1. The van der Waals surface area contributed by atoms with Crippen LogP contribution in [0.2, 0.25) is 0 Å². The van der Waals surface area contributed by atoms with Gasteiger partial charge in [-0.1, -0.05) is 0 Å². The second-order valence-corrected chi connectivity index (χ2v) is 4.64. The summed E-state index contributed by atoms with van der Waals surface area (Å²) < 4.78 is 5.33. The summed E-state index contributed by atoms with van der Waals surface area (Å²) in [5, 5.41) is 31.4. The van der Waals surface area contributed by atoms with Crippen molar-refractivity contribution in [2.24, 2.45) is 0 Å². The van der Waals surface area contributed by atoms with Gasteiger partial charge < -0.3 is 15.2 Å². The number of nitrogens with one attached hydrogen (secondary N) is 1. The van der Waals surface area contributed by atoms with E-state index in [1.54, 1.807) is 6.07 Å². The molecule has 1 saturated heterocycles. The van der Waals surface area contributed by atoms with Crippen LogP contribution in [0.5, 0.6) is 0 Å². The number of nitro groups is 1. The molecule has 2 unspecified atom stereocenters. The molecule has 0 saturated carbocycles. The zero-order chi connectivity index (χ0) is 15.4. The number of ether oxygens (including phenoxy) is 1. The first-order valence-electron chi connectivity index (χ1n) is 6.32. The molecule has 2 N–H and O–H groups in total. The number of rotatable bonds is 5. The van der Waals surface area contributed by atoms with Crippen LogP contribution < -0.4 is 5.32 Å². The van der Waals surface area contributed by atoms with Crippen LogP contribution in [0.15, 0.2) is 18.2 Å². The van der Waals surface area contributed by atoms with Gasteiger partial charge in [0.2, 0.25) is 0 Å². The van der Waals surface area contributed by atoms with Crippen LogP contribution in [0.1, 0.15) is 18.4 Å². The van der Waals surface area contributed by atoms with Gasteiger partial charge in [-0.2, -0.15) is 5.26 Å². The van der Waals surface area contributed by atoms with Crippen molar-refractivity contribution in [3.63, 3.8) is 0 Å². The number of carboxylic acids is 1. The van der Waals surface area contributed by atoms with E-state index in [2.05, 4.69) is 5.32 Å². The summed E-state index contributed by atoms with van der Waals surface area (Å²) in [7, 11) is 0. The first-order chi connectivity index (χ1) is 10.0. The first kappa shape index (κ1) is 14.7. The maximum atomic E-state index is 10.8. The minimum Gasteiger partial charge on any atom is -0.479 e. The monoisotopic (exact) mass is 291 g/mol. The Balaban J connectivity index is 1.97. The fourth-order valence-electron chi connectivity index (χ4n) is 2.16. The molecule has 1 aliphatic heterocycles. The lowest BCUT2D eigenvalue weighted by atomic mass is 10.1. The molecule has 1 heterocycles. The van der Waals surface area contributed by atoms with Crippen molar-refractivity contribution < 1.29 is 19.6 Å². The molecule has 1 fully saturated rings. The molecule has 21 heavy (non-hydrogen) atoms. The van der Waals surface area contributed by atoms with Gasteiger partial charge in [0.25, 0.3) is 5.69 Å². The van der Waals surface area contributed by atoms with Gasteiger partial charge in [0.1, 0.15) is 11.6 Å². The van der Waals surface area contributed by atoms with Crippen LogP contribution in [0, 0.1) is 21.4 Å². The molecule has 8 heteroatoms. The number of carbonyl (C=O) groups is 1. The topological polar surface area (TPSA) is 125 Å². The first-order valence-corrected chi connectivity index (χ1v) is 6.32. The number of anilines is 1. The molecule has 8 nitrogen and oxygen atoms in total. The molecule has 2 rings (SSSR count). The fraction of sp³-hybridized carbons (Fsp3) is 0.385. The Hall–Kier alpha value is -2.66. The lowest BCUT2D eigenvalue weighted by Crippen LogP contribution is -2.24. The van der Waals surface area contributed by atoms with Gasteiger partial charge in [0.15, 0.2) is 6.10 Å². The van der Waals surface area contributed by atoms with Gasteiger partial charge in [-0.3, -0.25) is 10.1 Å². The van der Waals surface area contributed by atoms with E-state index < -0.39 is 17.0 Å². The highest BCUT2D eigenvalue weighted by Crippen LogP contribution is 2.23. The Morgan fingerprint density at radius 1 is 1.57 bits per heavy atom. The maximum Gasteiger partial charge on any atom is 0.332 e. The van der Waals surface area contributed by atoms with Gasteiger partial charge in [0.05, 0.1) is 11.0 Å². The molecule has 0 bridgehead atoms. The van der Waals surface area contributed by atoms with E-state index in [1.807, 2.05) is 0 Å². The van der Waals surface area contributed by atoms with Gasteiger partial charge in [-0.15, -0.1) is 0 Å². The highest BCUT2D eigenvalue weighted by Gasteiger charge is 2.30. The zero-order valence-corrected chi connectivity index (χ0v) is 11.0. The van der Waals surface area contributed by atoms with Crippen molar-refractivity contribution in [3.05, 3.63) is 33.9 Å². The summed E-state index contributed by atoms with van der Waals surface area (Å²) in [5.41, 5.74) is 0.284. The van der Waals surface area contributed by atoms with Crippen molar-refractivity contribution in [3.8, 4) is 6.07 Å². The number of nitrogens with zero attached hydrogens (tertiary/aromatic N) is 2. The minimum absolute atomic E-state index is 0.0271. The molecule has 0 radical (unpaired) electrons. The summed E-state index contributed by atoms with van der Waals surface area (Å²) in [4.78, 5) is 20.9. The summed E-state index contributed by atoms with van der Waals surface area (Å²) in [6, 6.07) is 5.93. The van der Waals surface area contributed by atoms with E-state index >= 15 is 0 Å². The quantitative estimate of drug-likeness (QED) is 0.622. The number of aliphatic carboxylic acids is 1. The Labute approximate surface area is 120 Å². The third-order valence-electron chi connectivity index (χ3n) is 3.23. The molecule has 110 valence electrons. The molecule has 0 spiro atoms. The molecule has 1 aromatic carbocycles. The summed E-state index contributed by atoms with van der Waals surface area (Å²) in [5.74, 6) is -0.973. The number of nitro benzene ring substituents is 1. The molecule has 1 aromatic rings. The van der Waals surface area contributed by atoms with Crippen LogP contribution in [0.25, 0.3) is 0 Å². The number of hydrogen-bond donors (Lipinski definition) is 2. The molecule has 2 atom stereocenters. The van der Waals surface area contributed by atoms with Gasteiger partial charge >= 0.3 is 5.97 Å². The molecule has 0 aliphatic carbocycles. The van der Waals surface area contributed by atoms with E-state index in [4.69, 9.17) is 15.1 Å². The van der Waals surface area contributed by atoms with E-state index in [9.17, 15) is 14.9 Å². The molecular formula is C13H13N3O5. The van der Waals surface area contributed by atoms with Crippen LogP contribution in [-0.2, 0) is 9.53 Å². The predicted molar refractivity (Wildman–Crippen MR) is 71.8 cm³/mol. The van der Waals surface area contributed by atoms with Crippen LogP contribution in [0.4, 0.5) is 11.4 Å². The summed E-state index contributed by atoms with van der Waals surface area (Å²) in [6.45, 7) is 0.381. The second-order valence-electron chi connectivity index (χ2n) is 4.64. The largest absolute Gasteiger partial charge is 0.479 e. The lowest BCUT2D eigenvalue weighted by molar-refractivity contribution is -0.385. The van der Waals surface area contributed by atoms with Gasteiger partial charge in [-0.25, -0.2) is 4.79 Å². The number of hydrogen-bond acceptors (Lipinski definition) is 6. The summed E-state index contributed by atoms with van der Waals surface area (Å²) in [6.07, 6.45) is 0.0862. The summed E-state index contributed by atoms with van der Waals surface area (Å²) >= 11 is 0. The maximum absolute atomic E-state index is 10.8. The Bertz CT molecular complexity index is 610. The number of carboxylic acid groups (broad SMARTS) is 1. The van der Waals surface area contributed by atoms with E-state index in [1.165, 1.54) is 18.2 Å². The van der Waals surface area contributed by atoms with Crippen molar-refractivity contribution in [1.29, 1.82) is 5.26 Å². The highest BCUT2D eigenvalue weighted by atomic mass is 16.6. The fourth-order valence-corrected chi connectivity index (χ4v) is 2.16. The van der Waals surface area contributed by atoms with Gasteiger partial charge in [-0.05, 0) is 25.0 Å². The Morgan fingerprint density at radius 3 is 2.90 bits per heavy atom. The van der Waals surface area contributed by atoms with Gasteiger partial charge in [0, 0.05) is 18.3 Å². The average molecular weight is 291 g/mol. The smallest absolute Gasteiger partial charge is 0.332 e. The average Bonchev–Trinajstić information content (AvgIpc) is 2.93. The molecule has 0 amide bonds. The van der Waals surface area contributed by atoms with E-state index in [0.29, 0.717) is 25.1 Å². The lowest BCUT2D eigenvalue weighted by Gasteiger charge is -2.13. The Kier molecular flexibility index (Phi) is 4.35.